The monoisotopic (exact) mass is 201 g/mol. The fourth-order valence-electron chi connectivity index (χ4n) is 0.582. The number of rotatable bonds is 5. The van der Waals surface area contributed by atoms with E-state index in [1.54, 1.807) is 6.92 Å². The highest BCUT2D eigenvalue weighted by Gasteiger charge is 2.16. The molecule has 4 heteroatoms. The summed E-state index contributed by atoms with van der Waals surface area (Å²) >= 11 is 5.48. The molecule has 0 aromatic carbocycles. The highest BCUT2D eigenvalue weighted by atomic mass is 35.5. The molecule has 0 heterocycles. The zero-order valence-corrected chi connectivity index (χ0v) is 8.63. The summed E-state index contributed by atoms with van der Waals surface area (Å²) in [6.07, 6.45) is 1.08. The highest BCUT2D eigenvalue weighted by Crippen LogP contribution is 2.02. The Morgan fingerprint density at radius 2 is 2.09 bits per heavy atom. The Balaban J connectivity index is 0. The molecule has 0 aromatic heterocycles. The van der Waals surface area contributed by atoms with E-state index in [0.29, 0.717) is 6.54 Å². The zero-order valence-electron chi connectivity index (χ0n) is 7.06. The summed E-state index contributed by atoms with van der Waals surface area (Å²) in [5.41, 5.74) is -0.753. The zero-order chi connectivity index (χ0) is 8.04. The number of hydrogen-bond acceptors (Lipinski definition) is 2. The maximum atomic E-state index is 9.36. The second kappa shape index (κ2) is 7.17. The minimum Gasteiger partial charge on any atom is -0.388 e. The average molecular weight is 202 g/mol. The molecular formula is C7H17Cl2NO. The molecule has 1 atom stereocenters. The lowest BCUT2D eigenvalue weighted by molar-refractivity contribution is 0.0836. The average Bonchev–Trinajstić information content (AvgIpc) is 1.89. The lowest BCUT2D eigenvalue weighted by Crippen LogP contribution is -2.39. The van der Waals surface area contributed by atoms with Crippen molar-refractivity contribution in [2.45, 2.75) is 25.9 Å². The summed E-state index contributed by atoms with van der Waals surface area (Å²) in [5.74, 6) is 0.281. The van der Waals surface area contributed by atoms with Gasteiger partial charge in [-0.1, -0.05) is 6.92 Å². The van der Waals surface area contributed by atoms with E-state index in [0.717, 1.165) is 13.0 Å². The van der Waals surface area contributed by atoms with E-state index in [9.17, 15) is 5.11 Å². The minimum absolute atomic E-state index is 0. The fourth-order valence-corrected chi connectivity index (χ4v) is 0.676. The van der Waals surface area contributed by atoms with Gasteiger partial charge in [0.05, 0.1) is 11.5 Å². The molecule has 0 aliphatic rings. The van der Waals surface area contributed by atoms with Crippen LogP contribution in [0.2, 0.25) is 0 Å². The summed E-state index contributed by atoms with van der Waals surface area (Å²) in [5, 5.41) is 12.4. The van der Waals surface area contributed by atoms with Crippen molar-refractivity contribution in [2.75, 3.05) is 19.0 Å². The summed E-state index contributed by atoms with van der Waals surface area (Å²) in [6.45, 7) is 5.32. The predicted molar refractivity (Wildman–Crippen MR) is 51.8 cm³/mol. The first-order valence-electron chi connectivity index (χ1n) is 3.61. The van der Waals surface area contributed by atoms with Gasteiger partial charge < -0.3 is 10.4 Å². The first-order chi connectivity index (χ1) is 4.62. The number of halogens is 2. The van der Waals surface area contributed by atoms with Crippen LogP contribution in [-0.2, 0) is 0 Å². The van der Waals surface area contributed by atoms with Gasteiger partial charge in [-0.25, -0.2) is 0 Å². The van der Waals surface area contributed by atoms with Crippen molar-refractivity contribution in [2.24, 2.45) is 0 Å². The number of hydrogen-bond donors (Lipinski definition) is 2. The largest absolute Gasteiger partial charge is 0.388 e. The Morgan fingerprint density at radius 3 is 2.45 bits per heavy atom. The van der Waals surface area contributed by atoms with E-state index in [1.165, 1.54) is 0 Å². The van der Waals surface area contributed by atoms with Crippen LogP contribution in [0, 0.1) is 0 Å². The molecule has 0 fully saturated rings. The minimum atomic E-state index is -0.753. The van der Waals surface area contributed by atoms with Crippen molar-refractivity contribution in [1.82, 2.24) is 5.32 Å². The van der Waals surface area contributed by atoms with Gasteiger partial charge in [-0.05, 0) is 19.9 Å². The predicted octanol–water partition coefficient (Wildman–Crippen LogP) is 1.40. The number of aliphatic hydroxyl groups is 1. The van der Waals surface area contributed by atoms with E-state index in [4.69, 9.17) is 11.6 Å². The molecule has 11 heavy (non-hydrogen) atoms. The fraction of sp³-hybridized carbons (Fsp3) is 1.00. The van der Waals surface area contributed by atoms with Crippen molar-refractivity contribution in [3.63, 3.8) is 0 Å². The smallest absolute Gasteiger partial charge is 0.0878 e. The number of alkyl halides is 1. The number of nitrogens with one attached hydrogen (secondary N) is 1. The molecule has 0 aliphatic heterocycles. The molecule has 0 spiro atoms. The van der Waals surface area contributed by atoms with Crippen molar-refractivity contribution >= 4 is 24.0 Å². The van der Waals surface area contributed by atoms with Crippen molar-refractivity contribution in [3.05, 3.63) is 0 Å². The molecule has 0 rings (SSSR count). The third-order valence-corrected chi connectivity index (χ3v) is 1.80. The highest BCUT2D eigenvalue weighted by molar-refractivity contribution is 6.18. The van der Waals surface area contributed by atoms with Gasteiger partial charge >= 0.3 is 0 Å². The molecule has 0 amide bonds. The van der Waals surface area contributed by atoms with Crippen LogP contribution in [0.3, 0.4) is 0 Å². The maximum absolute atomic E-state index is 9.36. The van der Waals surface area contributed by atoms with Crippen LogP contribution < -0.4 is 5.32 Å². The summed E-state index contributed by atoms with van der Waals surface area (Å²) in [6, 6.07) is 0. The molecule has 0 radical (unpaired) electrons. The van der Waals surface area contributed by atoms with E-state index in [-0.39, 0.29) is 18.3 Å². The first kappa shape index (κ1) is 14.0. The van der Waals surface area contributed by atoms with Crippen LogP contribution >= 0.6 is 24.0 Å². The summed E-state index contributed by atoms with van der Waals surface area (Å²) in [4.78, 5) is 0. The molecule has 0 aromatic rings. The first-order valence-corrected chi connectivity index (χ1v) is 4.15. The molecule has 2 N–H and O–H groups in total. The van der Waals surface area contributed by atoms with E-state index in [1.807, 2.05) is 0 Å². The van der Waals surface area contributed by atoms with E-state index >= 15 is 0 Å². The van der Waals surface area contributed by atoms with Crippen LogP contribution in [-0.4, -0.2) is 29.7 Å². The van der Waals surface area contributed by atoms with Crippen LogP contribution in [0.4, 0.5) is 0 Å². The molecule has 0 saturated heterocycles. The van der Waals surface area contributed by atoms with Gasteiger partial charge in [0.1, 0.15) is 0 Å². The van der Waals surface area contributed by atoms with E-state index in [2.05, 4.69) is 12.2 Å². The quantitative estimate of drug-likeness (QED) is 0.521. The van der Waals surface area contributed by atoms with Gasteiger partial charge in [0.15, 0.2) is 0 Å². The summed E-state index contributed by atoms with van der Waals surface area (Å²) in [7, 11) is 0. The molecule has 70 valence electrons. The Morgan fingerprint density at radius 1 is 1.55 bits per heavy atom. The third-order valence-electron chi connectivity index (χ3n) is 1.22. The normalized spacial score (nSPS) is 15.3. The van der Waals surface area contributed by atoms with E-state index < -0.39 is 5.60 Å². The molecule has 1 unspecified atom stereocenters. The van der Waals surface area contributed by atoms with Gasteiger partial charge in [0.2, 0.25) is 0 Å². The molecule has 2 nitrogen and oxygen atoms in total. The second-order valence-electron chi connectivity index (χ2n) is 2.81. The van der Waals surface area contributed by atoms with Gasteiger partial charge in [0.25, 0.3) is 0 Å². The van der Waals surface area contributed by atoms with Crippen molar-refractivity contribution in [3.8, 4) is 0 Å². The van der Waals surface area contributed by atoms with Crippen LogP contribution in [0.1, 0.15) is 20.3 Å². The Labute approximate surface area is 79.7 Å². The molecule has 0 aliphatic carbocycles. The van der Waals surface area contributed by atoms with Crippen LogP contribution in [0.25, 0.3) is 0 Å². The van der Waals surface area contributed by atoms with Crippen molar-refractivity contribution in [1.29, 1.82) is 0 Å². The molecular weight excluding hydrogens is 185 g/mol. The SMILES string of the molecule is CCCNCC(C)(O)CCl.Cl. The Kier molecular flexibility index (Phi) is 9.15. The second-order valence-corrected chi connectivity index (χ2v) is 3.07. The van der Waals surface area contributed by atoms with Crippen LogP contribution in [0.15, 0.2) is 0 Å². The van der Waals surface area contributed by atoms with Crippen LogP contribution in [0.5, 0.6) is 0 Å². The Bertz CT molecular complexity index is 88.5. The lowest BCUT2D eigenvalue weighted by atomic mass is 10.1. The van der Waals surface area contributed by atoms with Gasteiger partial charge in [0, 0.05) is 6.54 Å². The standard InChI is InChI=1S/C7H16ClNO.ClH/c1-3-4-9-6-7(2,10)5-8;/h9-10H,3-6H2,1-2H3;1H. The third kappa shape index (κ3) is 8.41. The van der Waals surface area contributed by atoms with Gasteiger partial charge in [-0.2, -0.15) is 0 Å². The molecule has 0 saturated carbocycles. The van der Waals surface area contributed by atoms with Gasteiger partial charge in [-0.3, -0.25) is 0 Å². The Hall–Kier alpha value is 0.500. The summed E-state index contributed by atoms with van der Waals surface area (Å²) < 4.78 is 0. The topological polar surface area (TPSA) is 32.3 Å². The lowest BCUT2D eigenvalue weighted by Gasteiger charge is -2.19. The maximum Gasteiger partial charge on any atom is 0.0878 e. The molecule has 0 bridgehead atoms. The van der Waals surface area contributed by atoms with Crippen molar-refractivity contribution < 1.29 is 5.11 Å². The van der Waals surface area contributed by atoms with Gasteiger partial charge in [-0.15, -0.1) is 24.0 Å².